The molecule has 0 radical (unpaired) electrons. The van der Waals surface area contributed by atoms with Gasteiger partial charge in [0.2, 0.25) is 0 Å². The maximum atomic E-state index is 3.12. The second-order valence-electron chi connectivity index (χ2n) is 1.68. The molecular formula is C6H5NS. The number of aromatic nitrogens is 1. The molecule has 0 aromatic carbocycles. The lowest BCUT2D eigenvalue weighted by molar-refractivity contribution is 1.51. The molecule has 0 atom stereocenters. The minimum absolute atomic E-state index is 1.27. The fourth-order valence-electron chi connectivity index (χ4n) is 0.775. The van der Waals surface area contributed by atoms with Gasteiger partial charge in [-0.05, 0) is 17.5 Å². The van der Waals surface area contributed by atoms with E-state index in [2.05, 4.69) is 22.5 Å². The van der Waals surface area contributed by atoms with Crippen molar-refractivity contribution < 1.29 is 0 Å². The van der Waals surface area contributed by atoms with E-state index >= 15 is 0 Å². The van der Waals surface area contributed by atoms with Gasteiger partial charge in [0.05, 0.1) is 4.83 Å². The van der Waals surface area contributed by atoms with Gasteiger partial charge in [-0.1, -0.05) is 0 Å². The third kappa shape index (κ3) is 0.406. The van der Waals surface area contributed by atoms with Gasteiger partial charge >= 0.3 is 0 Å². The first-order chi connectivity index (χ1) is 3.97. The molecule has 0 saturated carbocycles. The summed E-state index contributed by atoms with van der Waals surface area (Å²) >= 11 is 1.74. The highest BCUT2D eigenvalue weighted by Gasteiger charge is 1.89. The number of nitrogens with one attached hydrogen (secondary N) is 1. The summed E-state index contributed by atoms with van der Waals surface area (Å²) in [6.07, 6.45) is 1.96. The zero-order chi connectivity index (χ0) is 5.40. The molecule has 0 aliphatic carbocycles. The first-order valence-corrected chi connectivity index (χ1v) is 3.35. The van der Waals surface area contributed by atoms with E-state index in [0.717, 1.165) is 0 Å². The summed E-state index contributed by atoms with van der Waals surface area (Å²) in [5, 5.41) is 3.40. The molecular weight excluding hydrogens is 118 g/mol. The molecule has 0 unspecified atom stereocenters. The fourth-order valence-corrected chi connectivity index (χ4v) is 1.53. The van der Waals surface area contributed by atoms with Crippen molar-refractivity contribution in [1.82, 2.24) is 4.98 Å². The van der Waals surface area contributed by atoms with E-state index in [0.29, 0.717) is 0 Å². The van der Waals surface area contributed by atoms with Crippen LogP contribution in [0.5, 0.6) is 0 Å². The lowest BCUT2D eigenvalue weighted by atomic mass is 10.4. The van der Waals surface area contributed by atoms with Crippen molar-refractivity contribution >= 4 is 21.6 Å². The van der Waals surface area contributed by atoms with E-state index < -0.39 is 0 Å². The zero-order valence-corrected chi connectivity index (χ0v) is 5.03. The third-order valence-electron chi connectivity index (χ3n) is 1.17. The average molecular weight is 123 g/mol. The number of thiophene rings is 1. The summed E-state index contributed by atoms with van der Waals surface area (Å²) in [5.41, 5.74) is 0. The van der Waals surface area contributed by atoms with Crippen LogP contribution in [0.15, 0.2) is 23.7 Å². The van der Waals surface area contributed by atoms with Gasteiger partial charge in [-0.15, -0.1) is 11.3 Å². The molecule has 0 saturated heterocycles. The number of aromatic amines is 1. The van der Waals surface area contributed by atoms with Crippen LogP contribution in [0.4, 0.5) is 0 Å². The summed E-state index contributed by atoms with van der Waals surface area (Å²) in [6.45, 7) is 0. The molecule has 0 amide bonds. The van der Waals surface area contributed by atoms with Gasteiger partial charge < -0.3 is 4.98 Å². The predicted molar refractivity (Wildman–Crippen MR) is 36.2 cm³/mol. The molecule has 1 N–H and O–H groups in total. The van der Waals surface area contributed by atoms with Crippen LogP contribution in [0.3, 0.4) is 0 Å². The van der Waals surface area contributed by atoms with Crippen molar-refractivity contribution in [2.75, 3.05) is 0 Å². The number of fused-ring (bicyclic) bond motifs is 1. The Bertz CT molecular complexity index is 230. The van der Waals surface area contributed by atoms with Crippen LogP contribution in [0, 0.1) is 0 Å². The molecule has 2 rings (SSSR count). The van der Waals surface area contributed by atoms with Crippen LogP contribution in [0.1, 0.15) is 0 Å². The van der Waals surface area contributed by atoms with Crippen molar-refractivity contribution in [2.45, 2.75) is 0 Å². The highest BCUT2D eigenvalue weighted by Crippen LogP contribution is 2.17. The molecule has 2 heterocycles. The van der Waals surface area contributed by atoms with Gasteiger partial charge in [0.1, 0.15) is 0 Å². The SMILES string of the molecule is c1cc2ccsc2[nH]1. The van der Waals surface area contributed by atoms with Crippen molar-refractivity contribution in [3.8, 4) is 0 Å². The van der Waals surface area contributed by atoms with Gasteiger partial charge in [-0.3, -0.25) is 0 Å². The monoisotopic (exact) mass is 123 g/mol. The number of hydrogen-bond acceptors (Lipinski definition) is 1. The molecule has 2 aromatic rings. The summed E-state index contributed by atoms with van der Waals surface area (Å²) < 4.78 is 0. The van der Waals surface area contributed by atoms with Gasteiger partial charge in [-0.2, -0.15) is 0 Å². The predicted octanol–water partition coefficient (Wildman–Crippen LogP) is 2.23. The van der Waals surface area contributed by atoms with Crippen molar-refractivity contribution in [3.63, 3.8) is 0 Å². The Hall–Kier alpha value is -0.760. The van der Waals surface area contributed by atoms with Crippen molar-refractivity contribution in [2.24, 2.45) is 0 Å². The Labute approximate surface area is 51.0 Å². The molecule has 0 aliphatic rings. The highest BCUT2D eigenvalue weighted by atomic mass is 32.1. The van der Waals surface area contributed by atoms with Crippen LogP contribution in [-0.2, 0) is 0 Å². The lowest BCUT2D eigenvalue weighted by Crippen LogP contribution is -1.46. The van der Waals surface area contributed by atoms with Gasteiger partial charge in [-0.25, -0.2) is 0 Å². The Kier molecular flexibility index (Phi) is 0.704. The first kappa shape index (κ1) is 4.15. The topological polar surface area (TPSA) is 15.8 Å². The summed E-state index contributed by atoms with van der Waals surface area (Å²) in [5.74, 6) is 0. The van der Waals surface area contributed by atoms with Gasteiger partial charge in [0.15, 0.2) is 0 Å². The number of rotatable bonds is 0. The van der Waals surface area contributed by atoms with Crippen molar-refractivity contribution in [3.05, 3.63) is 23.7 Å². The molecule has 8 heavy (non-hydrogen) atoms. The van der Waals surface area contributed by atoms with E-state index in [4.69, 9.17) is 0 Å². The third-order valence-corrected chi connectivity index (χ3v) is 2.03. The van der Waals surface area contributed by atoms with Crippen LogP contribution in [0.2, 0.25) is 0 Å². The molecule has 0 aliphatic heterocycles. The maximum Gasteiger partial charge on any atom is 0.0996 e. The van der Waals surface area contributed by atoms with E-state index in [-0.39, 0.29) is 0 Å². The largest absolute Gasteiger partial charge is 0.353 e. The van der Waals surface area contributed by atoms with Crippen LogP contribution < -0.4 is 0 Å². The van der Waals surface area contributed by atoms with Crippen LogP contribution >= 0.6 is 11.3 Å². The quantitative estimate of drug-likeness (QED) is 0.553. The van der Waals surface area contributed by atoms with E-state index in [1.807, 2.05) is 6.20 Å². The van der Waals surface area contributed by atoms with E-state index in [1.54, 1.807) is 11.3 Å². The second kappa shape index (κ2) is 1.36. The molecule has 0 bridgehead atoms. The number of hydrogen-bond donors (Lipinski definition) is 1. The average Bonchev–Trinajstić information content (AvgIpc) is 2.15. The normalized spacial score (nSPS) is 10.5. The first-order valence-electron chi connectivity index (χ1n) is 2.47. The number of H-pyrrole nitrogens is 1. The smallest absolute Gasteiger partial charge is 0.0996 e. The molecule has 1 nitrogen and oxygen atoms in total. The van der Waals surface area contributed by atoms with E-state index in [9.17, 15) is 0 Å². The minimum atomic E-state index is 1.27. The molecule has 0 fully saturated rings. The van der Waals surface area contributed by atoms with Gasteiger partial charge in [0.25, 0.3) is 0 Å². The fraction of sp³-hybridized carbons (Fsp3) is 0. The Morgan fingerprint density at radius 3 is 3.25 bits per heavy atom. The zero-order valence-electron chi connectivity index (χ0n) is 4.22. The molecule has 2 heteroatoms. The Morgan fingerprint density at radius 2 is 2.38 bits per heavy atom. The molecule has 2 aromatic heterocycles. The Balaban J connectivity index is 3.06. The summed E-state index contributed by atoms with van der Waals surface area (Å²) in [7, 11) is 0. The summed E-state index contributed by atoms with van der Waals surface area (Å²) in [4.78, 5) is 4.39. The van der Waals surface area contributed by atoms with E-state index in [1.165, 1.54) is 10.2 Å². The van der Waals surface area contributed by atoms with Crippen LogP contribution in [0.25, 0.3) is 10.2 Å². The molecule has 0 spiro atoms. The second-order valence-corrected chi connectivity index (χ2v) is 2.60. The highest BCUT2D eigenvalue weighted by molar-refractivity contribution is 7.16. The van der Waals surface area contributed by atoms with Crippen LogP contribution in [-0.4, -0.2) is 4.98 Å². The molecule has 40 valence electrons. The maximum absolute atomic E-state index is 3.12. The Morgan fingerprint density at radius 1 is 1.38 bits per heavy atom. The van der Waals surface area contributed by atoms with Gasteiger partial charge in [0, 0.05) is 11.6 Å². The standard InChI is InChI=1S/C6H5NS/c1-3-7-6-5(1)2-4-8-6/h1-4,7H. The minimum Gasteiger partial charge on any atom is -0.353 e. The lowest BCUT2D eigenvalue weighted by Gasteiger charge is -1.66. The summed E-state index contributed by atoms with van der Waals surface area (Å²) in [6, 6.07) is 4.18. The van der Waals surface area contributed by atoms with Crippen molar-refractivity contribution in [1.29, 1.82) is 0 Å².